The summed E-state index contributed by atoms with van der Waals surface area (Å²) >= 11 is 0. The number of nitrogens with one attached hydrogen (secondary N) is 1. The third-order valence-electron chi connectivity index (χ3n) is 4.50. The summed E-state index contributed by atoms with van der Waals surface area (Å²) in [6.07, 6.45) is 0.504. The molecule has 25 heavy (non-hydrogen) atoms. The zero-order valence-corrected chi connectivity index (χ0v) is 15.0. The summed E-state index contributed by atoms with van der Waals surface area (Å²) in [6.45, 7) is 2.34. The standard InChI is InChI=1S/C19H22N2O3S/c1-2-21(16-12-13-25(23,24)14-16)19(22)20-18-11-7-6-10-17(18)15-8-4-3-5-9-15/h3-11,16H,2,12-14H2,1H3,(H,20,22)/t16-/m1/s1. The Morgan fingerprint density at radius 2 is 1.80 bits per heavy atom. The Morgan fingerprint density at radius 1 is 1.12 bits per heavy atom. The number of sulfone groups is 1. The Morgan fingerprint density at radius 3 is 2.44 bits per heavy atom. The van der Waals surface area contributed by atoms with Gasteiger partial charge in [0.25, 0.3) is 0 Å². The quantitative estimate of drug-likeness (QED) is 0.911. The highest BCUT2D eigenvalue weighted by Crippen LogP contribution is 2.28. The van der Waals surface area contributed by atoms with E-state index in [1.165, 1.54) is 0 Å². The van der Waals surface area contributed by atoms with E-state index in [-0.39, 0.29) is 23.6 Å². The van der Waals surface area contributed by atoms with Crippen molar-refractivity contribution in [1.82, 2.24) is 4.90 Å². The first-order chi connectivity index (χ1) is 12.0. The number of carbonyl (C=O) groups excluding carboxylic acids is 1. The number of hydrogen-bond acceptors (Lipinski definition) is 3. The van der Waals surface area contributed by atoms with E-state index < -0.39 is 9.84 Å². The number of carbonyl (C=O) groups is 1. The van der Waals surface area contributed by atoms with Crippen LogP contribution in [0.5, 0.6) is 0 Å². The first-order valence-corrected chi connectivity index (χ1v) is 10.2. The summed E-state index contributed by atoms with van der Waals surface area (Å²) < 4.78 is 23.4. The molecule has 1 N–H and O–H groups in total. The molecule has 5 nitrogen and oxygen atoms in total. The van der Waals surface area contributed by atoms with Crippen LogP contribution < -0.4 is 5.32 Å². The Kier molecular flexibility index (Phi) is 5.08. The van der Waals surface area contributed by atoms with E-state index in [1.807, 2.05) is 61.5 Å². The van der Waals surface area contributed by atoms with Crippen LogP contribution in [0.2, 0.25) is 0 Å². The molecule has 1 fully saturated rings. The first-order valence-electron chi connectivity index (χ1n) is 8.42. The number of anilines is 1. The van der Waals surface area contributed by atoms with Crippen LogP contribution in [0, 0.1) is 0 Å². The Labute approximate surface area is 148 Å². The number of hydrogen-bond donors (Lipinski definition) is 1. The molecule has 132 valence electrons. The zero-order chi connectivity index (χ0) is 17.9. The third kappa shape index (κ3) is 4.02. The molecule has 2 aromatic carbocycles. The molecule has 0 spiro atoms. The molecule has 1 heterocycles. The van der Waals surface area contributed by atoms with E-state index >= 15 is 0 Å². The molecule has 1 aliphatic heterocycles. The van der Waals surface area contributed by atoms with Crippen molar-refractivity contribution < 1.29 is 13.2 Å². The van der Waals surface area contributed by atoms with Crippen LogP contribution in [-0.2, 0) is 9.84 Å². The Hall–Kier alpha value is -2.34. The van der Waals surface area contributed by atoms with Crippen LogP contribution in [0.1, 0.15) is 13.3 Å². The molecule has 0 radical (unpaired) electrons. The minimum absolute atomic E-state index is 0.0502. The van der Waals surface area contributed by atoms with Gasteiger partial charge >= 0.3 is 6.03 Å². The van der Waals surface area contributed by atoms with Crippen LogP contribution in [0.3, 0.4) is 0 Å². The summed E-state index contributed by atoms with van der Waals surface area (Å²) in [5, 5.41) is 2.96. The van der Waals surface area contributed by atoms with Gasteiger partial charge in [0.1, 0.15) is 0 Å². The Balaban J connectivity index is 1.81. The lowest BCUT2D eigenvalue weighted by Crippen LogP contribution is -2.43. The highest BCUT2D eigenvalue weighted by molar-refractivity contribution is 7.91. The number of para-hydroxylation sites is 1. The topological polar surface area (TPSA) is 66.5 Å². The van der Waals surface area contributed by atoms with Crippen molar-refractivity contribution in [3.05, 3.63) is 54.6 Å². The number of urea groups is 1. The third-order valence-corrected chi connectivity index (χ3v) is 6.25. The molecule has 1 saturated heterocycles. The van der Waals surface area contributed by atoms with E-state index in [1.54, 1.807) is 4.90 Å². The second-order valence-electron chi connectivity index (χ2n) is 6.18. The molecule has 0 bridgehead atoms. The maximum Gasteiger partial charge on any atom is 0.322 e. The van der Waals surface area contributed by atoms with Gasteiger partial charge in [-0.1, -0.05) is 48.5 Å². The van der Waals surface area contributed by atoms with Gasteiger partial charge in [0.2, 0.25) is 0 Å². The SMILES string of the molecule is CCN(C(=O)Nc1ccccc1-c1ccccc1)[C@@H]1CCS(=O)(=O)C1. The summed E-state index contributed by atoms with van der Waals surface area (Å²) in [7, 11) is -3.03. The van der Waals surface area contributed by atoms with Crippen molar-refractivity contribution in [2.24, 2.45) is 0 Å². The molecule has 0 aliphatic carbocycles. The number of rotatable bonds is 4. The van der Waals surface area contributed by atoms with Crippen LogP contribution in [-0.4, -0.2) is 43.4 Å². The maximum absolute atomic E-state index is 12.7. The highest BCUT2D eigenvalue weighted by Gasteiger charge is 2.34. The zero-order valence-electron chi connectivity index (χ0n) is 14.2. The highest BCUT2D eigenvalue weighted by atomic mass is 32.2. The maximum atomic E-state index is 12.7. The van der Waals surface area contributed by atoms with Gasteiger partial charge in [-0.15, -0.1) is 0 Å². The average Bonchev–Trinajstić information content (AvgIpc) is 2.96. The van der Waals surface area contributed by atoms with Crippen molar-refractivity contribution in [2.75, 3.05) is 23.4 Å². The normalized spacial score (nSPS) is 18.7. The molecule has 6 heteroatoms. The van der Waals surface area contributed by atoms with E-state index in [9.17, 15) is 13.2 Å². The van der Waals surface area contributed by atoms with Gasteiger partial charge in [0.15, 0.2) is 9.84 Å². The van der Waals surface area contributed by atoms with Gasteiger partial charge in [0, 0.05) is 18.2 Å². The number of amides is 2. The molecule has 1 atom stereocenters. The first kappa shape index (κ1) is 17.5. The summed E-state index contributed by atoms with van der Waals surface area (Å²) in [6, 6.07) is 17.0. The van der Waals surface area contributed by atoms with Gasteiger partial charge in [-0.3, -0.25) is 0 Å². The molecule has 3 rings (SSSR count). The van der Waals surface area contributed by atoms with Crippen molar-refractivity contribution in [2.45, 2.75) is 19.4 Å². The minimum atomic E-state index is -3.03. The molecular formula is C19H22N2O3S. The summed E-state index contributed by atoms with van der Waals surface area (Å²) in [4.78, 5) is 14.4. The number of benzene rings is 2. The van der Waals surface area contributed by atoms with E-state index in [0.717, 1.165) is 16.8 Å². The smallest absolute Gasteiger partial charge is 0.321 e. The van der Waals surface area contributed by atoms with Gasteiger partial charge in [-0.05, 0) is 25.0 Å². The van der Waals surface area contributed by atoms with Crippen molar-refractivity contribution >= 4 is 21.6 Å². The fourth-order valence-electron chi connectivity index (χ4n) is 3.24. The second kappa shape index (κ2) is 7.27. The molecular weight excluding hydrogens is 336 g/mol. The van der Waals surface area contributed by atoms with Crippen molar-refractivity contribution in [1.29, 1.82) is 0 Å². The Bertz CT molecular complexity index is 850. The molecule has 2 amide bonds. The lowest BCUT2D eigenvalue weighted by molar-refractivity contribution is 0.198. The van der Waals surface area contributed by atoms with Gasteiger partial charge in [0.05, 0.1) is 17.2 Å². The largest absolute Gasteiger partial charge is 0.322 e. The molecule has 0 unspecified atom stereocenters. The molecule has 2 aromatic rings. The molecule has 1 aliphatic rings. The number of nitrogens with zero attached hydrogens (tertiary/aromatic N) is 1. The van der Waals surface area contributed by atoms with Gasteiger partial charge in [-0.2, -0.15) is 0 Å². The van der Waals surface area contributed by atoms with Gasteiger partial charge < -0.3 is 10.2 Å². The predicted molar refractivity (Wildman–Crippen MR) is 100 cm³/mol. The second-order valence-corrected chi connectivity index (χ2v) is 8.41. The van der Waals surface area contributed by atoms with Crippen molar-refractivity contribution in [3.63, 3.8) is 0 Å². The van der Waals surface area contributed by atoms with E-state index in [0.29, 0.717) is 13.0 Å². The van der Waals surface area contributed by atoms with Crippen LogP contribution in [0.25, 0.3) is 11.1 Å². The van der Waals surface area contributed by atoms with Crippen LogP contribution in [0.15, 0.2) is 54.6 Å². The predicted octanol–water partition coefficient (Wildman–Crippen LogP) is 3.39. The van der Waals surface area contributed by atoms with Crippen LogP contribution >= 0.6 is 0 Å². The lowest BCUT2D eigenvalue weighted by atomic mass is 10.0. The average molecular weight is 358 g/mol. The minimum Gasteiger partial charge on any atom is -0.321 e. The van der Waals surface area contributed by atoms with E-state index in [2.05, 4.69) is 5.32 Å². The van der Waals surface area contributed by atoms with Crippen LogP contribution in [0.4, 0.5) is 10.5 Å². The fourth-order valence-corrected chi connectivity index (χ4v) is 4.97. The summed E-state index contributed by atoms with van der Waals surface area (Å²) in [5.74, 6) is 0.205. The fraction of sp³-hybridized carbons (Fsp3) is 0.316. The van der Waals surface area contributed by atoms with Crippen molar-refractivity contribution in [3.8, 4) is 11.1 Å². The van der Waals surface area contributed by atoms with Gasteiger partial charge in [-0.25, -0.2) is 13.2 Å². The lowest BCUT2D eigenvalue weighted by Gasteiger charge is -2.27. The monoisotopic (exact) mass is 358 g/mol. The summed E-state index contributed by atoms with van der Waals surface area (Å²) in [5.41, 5.74) is 2.68. The molecule has 0 saturated carbocycles. The van der Waals surface area contributed by atoms with E-state index in [4.69, 9.17) is 0 Å². The molecule has 0 aromatic heterocycles.